The number of rotatable bonds is 1. The fourth-order valence-electron chi connectivity index (χ4n) is 2.87. The third-order valence-electron chi connectivity index (χ3n) is 3.77. The number of ketones is 1. The number of piperidine rings is 1. The first-order valence-electron chi connectivity index (χ1n) is 5.21. The van der Waals surface area contributed by atoms with Gasteiger partial charge in [-0.1, -0.05) is 0 Å². The summed E-state index contributed by atoms with van der Waals surface area (Å²) in [5, 5.41) is 11.0. The molecular formula is C10H13Cl2NO3. The second-order valence-electron chi connectivity index (χ2n) is 4.54. The summed E-state index contributed by atoms with van der Waals surface area (Å²) in [4.78, 5) is 22.6. The number of carboxylic acid groups (broad SMARTS) is 1. The molecule has 1 heterocycles. The molecule has 0 bridgehead atoms. The maximum atomic E-state index is 11.5. The van der Waals surface area contributed by atoms with Gasteiger partial charge in [-0.15, -0.1) is 23.2 Å². The lowest BCUT2D eigenvalue weighted by molar-refractivity contribution is -0.164. The van der Waals surface area contributed by atoms with Gasteiger partial charge in [-0.3, -0.25) is 9.59 Å². The Labute approximate surface area is 103 Å². The van der Waals surface area contributed by atoms with Crippen molar-refractivity contribution in [2.45, 2.75) is 30.1 Å². The van der Waals surface area contributed by atoms with Crippen molar-refractivity contribution in [2.24, 2.45) is 11.3 Å². The molecule has 1 aliphatic heterocycles. The van der Waals surface area contributed by atoms with Crippen molar-refractivity contribution >= 4 is 35.0 Å². The van der Waals surface area contributed by atoms with Gasteiger partial charge in [0.1, 0.15) is 11.3 Å². The number of carbonyl (C=O) groups is 2. The van der Waals surface area contributed by atoms with Gasteiger partial charge in [-0.2, -0.15) is 0 Å². The predicted molar refractivity (Wildman–Crippen MR) is 59.9 cm³/mol. The molecule has 16 heavy (non-hydrogen) atoms. The average Bonchev–Trinajstić information content (AvgIpc) is 2.23. The summed E-state index contributed by atoms with van der Waals surface area (Å²) in [6.45, 7) is 2.52. The fourth-order valence-corrected chi connectivity index (χ4v) is 3.88. The smallest absolute Gasteiger partial charge is 0.314 e. The maximum Gasteiger partial charge on any atom is 0.314 e. The van der Waals surface area contributed by atoms with Gasteiger partial charge in [0.25, 0.3) is 0 Å². The summed E-state index contributed by atoms with van der Waals surface area (Å²) < 4.78 is 0. The van der Waals surface area contributed by atoms with Gasteiger partial charge in [-0.05, 0) is 19.9 Å². The summed E-state index contributed by atoms with van der Waals surface area (Å²) >= 11 is 12.3. The van der Waals surface area contributed by atoms with Crippen molar-refractivity contribution < 1.29 is 14.7 Å². The topological polar surface area (TPSA) is 66.4 Å². The molecule has 2 N–H and O–H groups in total. The molecule has 90 valence electrons. The number of nitrogens with one attached hydrogen (secondary N) is 1. The van der Waals surface area contributed by atoms with Crippen LogP contribution >= 0.6 is 23.2 Å². The van der Waals surface area contributed by atoms with E-state index in [0.717, 1.165) is 0 Å². The largest absolute Gasteiger partial charge is 0.481 e. The van der Waals surface area contributed by atoms with Crippen molar-refractivity contribution in [1.82, 2.24) is 5.32 Å². The first kappa shape index (κ1) is 12.1. The zero-order valence-electron chi connectivity index (χ0n) is 8.74. The molecular weight excluding hydrogens is 253 g/mol. The molecule has 0 aromatic carbocycles. The zero-order valence-corrected chi connectivity index (χ0v) is 10.3. The summed E-state index contributed by atoms with van der Waals surface area (Å²) in [7, 11) is 0. The average molecular weight is 266 g/mol. The van der Waals surface area contributed by atoms with Crippen LogP contribution in [-0.2, 0) is 9.59 Å². The van der Waals surface area contributed by atoms with Gasteiger partial charge in [0.2, 0.25) is 0 Å². The SMILES string of the molecule is CC1NCCC2(C(Cl)C(=O)C2C(=O)O)C1Cl. The Hall–Kier alpha value is -0.320. The molecule has 1 saturated carbocycles. The van der Waals surface area contributed by atoms with Crippen molar-refractivity contribution in [3.63, 3.8) is 0 Å². The lowest BCUT2D eigenvalue weighted by Crippen LogP contribution is -2.71. The summed E-state index contributed by atoms with van der Waals surface area (Å²) in [5.74, 6) is -2.56. The van der Waals surface area contributed by atoms with Gasteiger partial charge >= 0.3 is 5.97 Å². The Morgan fingerprint density at radius 1 is 1.56 bits per heavy atom. The molecule has 4 nitrogen and oxygen atoms in total. The van der Waals surface area contributed by atoms with Crippen LogP contribution in [0.2, 0.25) is 0 Å². The standard InChI is InChI=1S/C10H13Cl2NO3/c1-4-7(11)10(2-3-13-4)5(9(15)16)6(14)8(10)12/h4-5,7-8,13H,2-3H2,1H3,(H,15,16). The van der Waals surface area contributed by atoms with Crippen molar-refractivity contribution in [3.05, 3.63) is 0 Å². The van der Waals surface area contributed by atoms with Gasteiger partial charge in [0.05, 0.1) is 5.38 Å². The molecule has 5 unspecified atom stereocenters. The summed E-state index contributed by atoms with van der Waals surface area (Å²) in [5.41, 5.74) is -0.781. The minimum Gasteiger partial charge on any atom is -0.481 e. The van der Waals surface area contributed by atoms with E-state index < -0.39 is 33.8 Å². The number of hydrogen-bond donors (Lipinski definition) is 2. The quantitative estimate of drug-likeness (QED) is 0.545. The molecule has 5 atom stereocenters. The minimum absolute atomic E-state index is 0.0355. The first-order chi connectivity index (χ1) is 7.43. The van der Waals surface area contributed by atoms with Crippen molar-refractivity contribution in [3.8, 4) is 0 Å². The number of aliphatic carboxylic acids is 1. The Kier molecular flexibility index (Phi) is 2.93. The van der Waals surface area contributed by atoms with Crippen molar-refractivity contribution in [1.29, 1.82) is 0 Å². The highest BCUT2D eigenvalue weighted by Gasteiger charge is 2.68. The van der Waals surface area contributed by atoms with Gasteiger partial charge in [0.15, 0.2) is 5.78 Å². The number of carbonyl (C=O) groups excluding carboxylic acids is 1. The second-order valence-corrected chi connectivity index (χ2v) is 5.45. The molecule has 2 aliphatic rings. The van der Waals surface area contributed by atoms with Crippen LogP contribution in [0.15, 0.2) is 0 Å². The van der Waals surface area contributed by atoms with E-state index in [1.807, 2.05) is 6.92 Å². The third-order valence-corrected chi connectivity index (χ3v) is 5.17. The van der Waals surface area contributed by atoms with E-state index in [4.69, 9.17) is 28.3 Å². The van der Waals surface area contributed by atoms with E-state index in [1.54, 1.807) is 0 Å². The molecule has 1 spiro atoms. The van der Waals surface area contributed by atoms with Gasteiger partial charge in [0, 0.05) is 11.5 Å². The second kappa shape index (κ2) is 3.86. The summed E-state index contributed by atoms with van der Waals surface area (Å²) in [6.07, 6.45) is 0.530. The molecule has 1 aliphatic carbocycles. The Morgan fingerprint density at radius 2 is 2.19 bits per heavy atom. The maximum absolute atomic E-state index is 11.5. The third kappa shape index (κ3) is 1.33. The lowest BCUT2D eigenvalue weighted by Gasteiger charge is -2.56. The van der Waals surface area contributed by atoms with Gasteiger partial charge in [-0.25, -0.2) is 0 Å². The van der Waals surface area contributed by atoms with E-state index in [1.165, 1.54) is 0 Å². The van der Waals surface area contributed by atoms with E-state index in [0.29, 0.717) is 13.0 Å². The number of alkyl halides is 2. The van der Waals surface area contributed by atoms with Crippen LogP contribution in [-0.4, -0.2) is 40.2 Å². The zero-order chi connectivity index (χ0) is 12.1. The van der Waals surface area contributed by atoms with E-state index in [-0.39, 0.29) is 6.04 Å². The Bertz CT molecular complexity index is 349. The summed E-state index contributed by atoms with van der Waals surface area (Å²) in [6, 6.07) is -0.0355. The number of carboxylic acids is 1. The fraction of sp³-hybridized carbons (Fsp3) is 0.800. The van der Waals surface area contributed by atoms with Crippen LogP contribution in [0.3, 0.4) is 0 Å². The van der Waals surface area contributed by atoms with Crippen LogP contribution in [0.1, 0.15) is 13.3 Å². The van der Waals surface area contributed by atoms with Crippen LogP contribution in [0.5, 0.6) is 0 Å². The number of Topliss-reactive ketones (excluding diaryl/α,β-unsaturated/α-hetero) is 1. The molecule has 2 rings (SSSR count). The number of hydrogen-bond acceptors (Lipinski definition) is 3. The number of halogens is 2. The normalized spacial score (nSPS) is 47.8. The van der Waals surface area contributed by atoms with Crippen LogP contribution < -0.4 is 5.32 Å². The highest BCUT2D eigenvalue weighted by Crippen LogP contribution is 2.56. The molecule has 0 aromatic rings. The molecule has 0 amide bonds. The van der Waals surface area contributed by atoms with Crippen LogP contribution in [0, 0.1) is 11.3 Å². The van der Waals surface area contributed by atoms with Crippen molar-refractivity contribution in [2.75, 3.05) is 6.54 Å². The van der Waals surface area contributed by atoms with Crippen LogP contribution in [0.25, 0.3) is 0 Å². The van der Waals surface area contributed by atoms with Crippen LogP contribution in [0.4, 0.5) is 0 Å². The molecule has 0 aromatic heterocycles. The molecule has 0 radical (unpaired) electrons. The highest BCUT2D eigenvalue weighted by atomic mass is 35.5. The minimum atomic E-state index is -1.11. The highest BCUT2D eigenvalue weighted by molar-refractivity contribution is 6.38. The predicted octanol–water partition coefficient (Wildman–Crippen LogP) is 0.853. The molecule has 1 saturated heterocycles. The monoisotopic (exact) mass is 265 g/mol. The molecule has 2 fully saturated rings. The lowest BCUT2D eigenvalue weighted by atomic mass is 9.53. The van der Waals surface area contributed by atoms with E-state index >= 15 is 0 Å². The Morgan fingerprint density at radius 3 is 2.75 bits per heavy atom. The van der Waals surface area contributed by atoms with E-state index in [2.05, 4.69) is 5.32 Å². The van der Waals surface area contributed by atoms with E-state index in [9.17, 15) is 9.59 Å². The first-order valence-corrected chi connectivity index (χ1v) is 6.08. The van der Waals surface area contributed by atoms with Gasteiger partial charge < -0.3 is 10.4 Å². The Balaban J connectivity index is 2.35. The molecule has 6 heteroatoms.